The molecule has 0 amide bonds. The molecule has 42 heavy (non-hydrogen) atoms. The number of halogens is 5. The van der Waals surface area contributed by atoms with Crippen molar-refractivity contribution in [1.82, 2.24) is 10.3 Å². The SMILES string of the molecule is Cc1cccc(-c2sc(C)nc2C(=O)C2CCCC(F)(F)C[C@@H](C)C(CNC3=C/CCC/C=C(C(F)(F)F)/C=N\3)C2)c1. The van der Waals surface area contributed by atoms with Crippen LogP contribution in [0.25, 0.3) is 10.4 Å². The van der Waals surface area contributed by atoms with Gasteiger partial charge in [-0.05, 0) is 75.8 Å². The first-order valence-corrected chi connectivity index (χ1v) is 15.4. The van der Waals surface area contributed by atoms with E-state index in [0.29, 0.717) is 31.4 Å². The van der Waals surface area contributed by atoms with Crippen LogP contribution in [0.4, 0.5) is 22.0 Å². The minimum absolute atomic E-state index is 0.141. The van der Waals surface area contributed by atoms with Crippen molar-refractivity contribution in [3.05, 3.63) is 64.1 Å². The topological polar surface area (TPSA) is 54.4 Å². The summed E-state index contributed by atoms with van der Waals surface area (Å²) in [5.74, 6) is -3.98. The summed E-state index contributed by atoms with van der Waals surface area (Å²) >= 11 is 1.45. The van der Waals surface area contributed by atoms with Gasteiger partial charge in [0.05, 0.1) is 15.5 Å². The Morgan fingerprint density at radius 3 is 2.64 bits per heavy atom. The number of alkyl halides is 5. The van der Waals surface area contributed by atoms with Crippen molar-refractivity contribution >= 4 is 23.3 Å². The van der Waals surface area contributed by atoms with Gasteiger partial charge in [0.15, 0.2) is 5.78 Å². The second-order valence-corrected chi connectivity index (χ2v) is 12.8. The lowest BCUT2D eigenvalue weighted by molar-refractivity contribution is -0.0858. The number of carbonyl (C=O) groups is 1. The van der Waals surface area contributed by atoms with E-state index in [-0.39, 0.29) is 49.8 Å². The van der Waals surface area contributed by atoms with E-state index in [1.165, 1.54) is 11.3 Å². The van der Waals surface area contributed by atoms with Crippen LogP contribution in [0, 0.1) is 31.6 Å². The van der Waals surface area contributed by atoms with Gasteiger partial charge in [-0.1, -0.05) is 42.8 Å². The fourth-order valence-electron chi connectivity index (χ4n) is 5.76. The van der Waals surface area contributed by atoms with Crippen molar-refractivity contribution in [1.29, 1.82) is 0 Å². The number of thiazole rings is 1. The van der Waals surface area contributed by atoms with Crippen molar-refractivity contribution in [2.45, 2.75) is 84.2 Å². The van der Waals surface area contributed by atoms with Crippen LogP contribution >= 0.6 is 11.3 Å². The van der Waals surface area contributed by atoms with Crippen molar-refractivity contribution in [3.63, 3.8) is 0 Å². The van der Waals surface area contributed by atoms with Crippen LogP contribution in [0.1, 0.15) is 79.3 Å². The van der Waals surface area contributed by atoms with Crippen LogP contribution < -0.4 is 5.32 Å². The maximum atomic E-state index is 14.9. The molecule has 0 radical (unpaired) electrons. The molecule has 0 spiro atoms. The van der Waals surface area contributed by atoms with Crippen molar-refractivity contribution < 1.29 is 26.7 Å². The molecule has 10 heteroatoms. The summed E-state index contributed by atoms with van der Waals surface area (Å²) in [6.45, 7) is 5.82. The van der Waals surface area contributed by atoms with E-state index in [1.54, 1.807) is 13.0 Å². The van der Waals surface area contributed by atoms with E-state index in [0.717, 1.165) is 33.3 Å². The fourth-order valence-corrected chi connectivity index (χ4v) is 6.68. The predicted octanol–water partition coefficient (Wildman–Crippen LogP) is 9.25. The van der Waals surface area contributed by atoms with E-state index in [9.17, 15) is 26.7 Å². The van der Waals surface area contributed by atoms with Gasteiger partial charge in [0.1, 0.15) is 11.5 Å². The van der Waals surface area contributed by atoms with Gasteiger partial charge in [0, 0.05) is 31.5 Å². The quantitative estimate of drug-likeness (QED) is 0.263. The highest BCUT2D eigenvalue weighted by atomic mass is 32.1. The van der Waals surface area contributed by atoms with Gasteiger partial charge in [-0.15, -0.1) is 11.3 Å². The highest BCUT2D eigenvalue weighted by molar-refractivity contribution is 7.15. The Labute approximate surface area is 248 Å². The molecule has 1 aromatic heterocycles. The van der Waals surface area contributed by atoms with Gasteiger partial charge in [-0.2, -0.15) is 13.2 Å². The van der Waals surface area contributed by atoms with Gasteiger partial charge in [0.25, 0.3) is 0 Å². The monoisotopic (exact) mass is 607 g/mol. The molecule has 2 aliphatic rings. The van der Waals surface area contributed by atoms with Gasteiger partial charge in [-0.3, -0.25) is 4.79 Å². The number of hydrogen-bond acceptors (Lipinski definition) is 5. The molecule has 228 valence electrons. The molecule has 1 aliphatic carbocycles. The van der Waals surface area contributed by atoms with E-state index >= 15 is 0 Å². The number of nitrogens with one attached hydrogen (secondary N) is 1. The molecule has 0 saturated heterocycles. The molecule has 1 fully saturated rings. The zero-order valence-electron chi connectivity index (χ0n) is 24.2. The number of benzene rings is 1. The van der Waals surface area contributed by atoms with Crippen LogP contribution in [-0.2, 0) is 0 Å². The summed E-state index contributed by atoms with van der Waals surface area (Å²) in [6, 6.07) is 7.86. The molecule has 1 saturated carbocycles. The minimum Gasteiger partial charge on any atom is -0.370 e. The Bertz CT molecular complexity index is 1340. The predicted molar refractivity (Wildman–Crippen MR) is 158 cm³/mol. The third-order valence-electron chi connectivity index (χ3n) is 8.05. The van der Waals surface area contributed by atoms with E-state index in [4.69, 9.17) is 0 Å². The summed E-state index contributed by atoms with van der Waals surface area (Å²) < 4.78 is 69.8. The molecular formula is C32H38F5N3OS. The third kappa shape index (κ3) is 8.58. The second kappa shape index (κ2) is 13.6. The number of rotatable bonds is 6. The number of aryl methyl sites for hydroxylation is 2. The number of ketones is 1. The smallest absolute Gasteiger partial charge is 0.370 e. The molecule has 4 rings (SSSR count). The lowest BCUT2D eigenvalue weighted by Gasteiger charge is -2.28. The van der Waals surface area contributed by atoms with Gasteiger partial charge in [-0.25, -0.2) is 18.8 Å². The Morgan fingerprint density at radius 2 is 1.90 bits per heavy atom. The highest BCUT2D eigenvalue weighted by Gasteiger charge is 2.38. The van der Waals surface area contributed by atoms with Crippen LogP contribution in [0.15, 0.2) is 52.8 Å². The minimum atomic E-state index is -4.50. The number of hydrogen-bond donors (Lipinski definition) is 1. The van der Waals surface area contributed by atoms with E-state index in [2.05, 4.69) is 15.3 Å². The van der Waals surface area contributed by atoms with Crippen LogP contribution in [0.2, 0.25) is 0 Å². The molecule has 0 bridgehead atoms. The van der Waals surface area contributed by atoms with Gasteiger partial charge < -0.3 is 5.32 Å². The average molecular weight is 608 g/mol. The van der Waals surface area contributed by atoms with Crippen molar-refractivity contribution in [2.75, 3.05) is 6.54 Å². The Balaban J connectivity index is 1.58. The first kappa shape index (κ1) is 32.0. The summed E-state index contributed by atoms with van der Waals surface area (Å²) in [5.41, 5.74) is 1.54. The summed E-state index contributed by atoms with van der Waals surface area (Å²) in [7, 11) is 0. The number of nitrogens with zero attached hydrogens (tertiary/aromatic N) is 2. The number of aliphatic imine (C=N–C) groups is 1. The molecule has 1 aliphatic heterocycles. The number of Topliss-reactive ketones (excluding diaryl/α,β-unsaturated/α-hetero) is 1. The number of aromatic nitrogens is 1. The Hall–Kier alpha value is -2.88. The lowest BCUT2D eigenvalue weighted by atomic mass is 9.80. The Morgan fingerprint density at radius 1 is 1.14 bits per heavy atom. The zero-order valence-corrected chi connectivity index (χ0v) is 25.1. The van der Waals surface area contributed by atoms with Crippen molar-refractivity contribution in [3.8, 4) is 10.4 Å². The fraction of sp³-hybridized carbons (Fsp3) is 0.531. The maximum Gasteiger partial charge on any atom is 0.417 e. The first-order chi connectivity index (χ1) is 19.8. The largest absolute Gasteiger partial charge is 0.417 e. The summed E-state index contributed by atoms with van der Waals surface area (Å²) in [6.07, 6.45) is 0.864. The van der Waals surface area contributed by atoms with Crippen LogP contribution in [0.5, 0.6) is 0 Å². The summed E-state index contributed by atoms with van der Waals surface area (Å²) in [5, 5.41) is 3.89. The molecule has 2 aromatic rings. The highest BCUT2D eigenvalue weighted by Crippen LogP contribution is 2.40. The number of carbonyl (C=O) groups excluding carboxylic acids is 1. The Kier molecular flexibility index (Phi) is 10.4. The zero-order chi connectivity index (χ0) is 30.5. The lowest BCUT2D eigenvalue weighted by Crippen LogP contribution is -2.32. The summed E-state index contributed by atoms with van der Waals surface area (Å²) in [4.78, 5) is 23.5. The van der Waals surface area contributed by atoms with Crippen LogP contribution in [-0.4, -0.2) is 35.6 Å². The normalized spacial score (nSPS) is 27.0. The maximum absolute atomic E-state index is 14.9. The van der Waals surface area contributed by atoms with Crippen molar-refractivity contribution in [2.24, 2.45) is 22.7 Å². The third-order valence-corrected chi connectivity index (χ3v) is 9.07. The van der Waals surface area contributed by atoms with E-state index in [1.807, 2.05) is 38.1 Å². The molecule has 4 nitrogen and oxygen atoms in total. The van der Waals surface area contributed by atoms with Gasteiger partial charge in [0.2, 0.25) is 5.92 Å². The first-order valence-electron chi connectivity index (χ1n) is 14.5. The van der Waals surface area contributed by atoms with E-state index < -0.39 is 29.5 Å². The molecule has 2 unspecified atom stereocenters. The molecule has 2 heterocycles. The standard InChI is InChI=1S/C32H38F5N3OS/c1-20-9-7-10-24(15-20)30-28(40-22(3)42-30)29(41)23-11-8-14-31(33,34)17-21(2)25(16-23)18-38-27-13-6-4-5-12-26(19-39-27)32(35,36)37/h7,9-10,12-13,15,19,21,23,25,38H,4-6,8,11,14,16-18H2,1-3H3/b26-12-,27-13-,39-19-/t21-,23?,25?/m1/s1. The number of allylic oxidation sites excluding steroid dienone is 3. The van der Waals surface area contributed by atoms with Gasteiger partial charge >= 0.3 is 6.18 Å². The molecular weight excluding hydrogens is 569 g/mol. The molecule has 3 atom stereocenters. The second-order valence-electron chi connectivity index (χ2n) is 11.6. The van der Waals surface area contributed by atoms with Crippen LogP contribution in [0.3, 0.4) is 0 Å². The molecule has 1 aromatic carbocycles. The average Bonchev–Trinajstić information content (AvgIpc) is 3.36. The molecule has 1 N–H and O–H groups in total.